The predicted octanol–water partition coefficient (Wildman–Crippen LogP) is 3.80. The maximum absolute atomic E-state index is 12.9. The summed E-state index contributed by atoms with van der Waals surface area (Å²) < 4.78 is 38.1. The molecule has 0 radical (unpaired) electrons. The number of fused-ring (bicyclic) bond motifs is 3. The molecule has 10 nitrogen and oxygen atoms in total. The smallest absolute Gasteiger partial charge is 0.349 e. The minimum absolute atomic E-state index is 0.0203. The summed E-state index contributed by atoms with van der Waals surface area (Å²) in [6.07, 6.45) is 2.69. The van der Waals surface area contributed by atoms with Crippen molar-refractivity contribution in [1.82, 2.24) is 9.97 Å². The molecule has 3 aromatic carbocycles. The average molecular weight is 503 g/mol. The number of sulfonamides is 1. The van der Waals surface area contributed by atoms with Crippen LogP contribution in [-0.4, -0.2) is 31.4 Å². The molecule has 0 aliphatic carbocycles. The topological polar surface area (TPSA) is 140 Å². The number of carbonyl (C=O) groups is 1. The van der Waals surface area contributed by atoms with Crippen molar-refractivity contribution in [2.45, 2.75) is 4.90 Å². The number of rotatable bonds is 6. The van der Waals surface area contributed by atoms with E-state index >= 15 is 0 Å². The number of aromatic nitrogens is 2. The van der Waals surface area contributed by atoms with Crippen molar-refractivity contribution in [1.29, 1.82) is 0 Å². The molecule has 0 atom stereocenters. The highest BCUT2D eigenvalue weighted by Crippen LogP contribution is 2.26. The first-order chi connectivity index (χ1) is 17.4. The van der Waals surface area contributed by atoms with Gasteiger partial charge in [-0.15, -0.1) is 0 Å². The third kappa shape index (κ3) is 4.34. The first-order valence-electron chi connectivity index (χ1n) is 10.6. The maximum Gasteiger partial charge on any atom is 0.349 e. The molecule has 0 bridgehead atoms. The number of nitrogens with zero attached hydrogens (tertiary/aromatic N) is 2. The minimum atomic E-state index is -4.01. The summed E-state index contributed by atoms with van der Waals surface area (Å²) in [7, 11) is -2.66. The largest absolute Gasteiger partial charge is 0.478 e. The van der Waals surface area contributed by atoms with Gasteiger partial charge < -0.3 is 14.5 Å². The van der Waals surface area contributed by atoms with E-state index in [0.29, 0.717) is 11.0 Å². The number of benzene rings is 3. The van der Waals surface area contributed by atoms with Gasteiger partial charge in [0.2, 0.25) is 5.82 Å². The van der Waals surface area contributed by atoms with Gasteiger partial charge in [-0.05, 0) is 47.2 Å². The summed E-state index contributed by atoms with van der Waals surface area (Å²) in [5.41, 5.74) is -0.297. The van der Waals surface area contributed by atoms with Crippen LogP contribution in [0.15, 0.2) is 93.2 Å². The number of nitrogens with one attached hydrogen (secondary N) is 2. The molecule has 2 N–H and O–H groups in total. The zero-order valence-corrected chi connectivity index (χ0v) is 19.6. The standard InChI is InChI=1S/C25H18N4O6S/c1-34-24-22(26-12-13-27-24)29-36(32,33)17-9-7-16(8-10-17)28-23(30)20-14-19-18-5-3-2-4-15(18)6-11-21(19)35-25(20)31/h2-14H,1H3,(H,26,29)(H,28,30). The average Bonchev–Trinajstić information content (AvgIpc) is 2.88. The van der Waals surface area contributed by atoms with E-state index in [1.54, 1.807) is 6.07 Å². The Morgan fingerprint density at radius 1 is 0.944 bits per heavy atom. The van der Waals surface area contributed by atoms with Gasteiger partial charge in [-0.3, -0.25) is 9.52 Å². The number of methoxy groups -OCH3 is 1. The van der Waals surface area contributed by atoms with E-state index in [1.165, 1.54) is 49.8 Å². The van der Waals surface area contributed by atoms with Crippen molar-refractivity contribution in [2.75, 3.05) is 17.1 Å². The summed E-state index contributed by atoms with van der Waals surface area (Å²) >= 11 is 0. The molecule has 0 aliphatic rings. The molecule has 2 heterocycles. The van der Waals surface area contributed by atoms with Crippen LogP contribution in [0.5, 0.6) is 5.88 Å². The van der Waals surface area contributed by atoms with Crippen molar-refractivity contribution in [3.63, 3.8) is 0 Å². The van der Waals surface area contributed by atoms with Crippen molar-refractivity contribution < 1.29 is 22.4 Å². The van der Waals surface area contributed by atoms with Gasteiger partial charge in [0.1, 0.15) is 11.1 Å². The van der Waals surface area contributed by atoms with E-state index in [2.05, 4.69) is 20.0 Å². The van der Waals surface area contributed by atoms with Crippen LogP contribution in [0.25, 0.3) is 21.7 Å². The van der Waals surface area contributed by atoms with Crippen LogP contribution in [0.4, 0.5) is 11.5 Å². The summed E-state index contributed by atoms with van der Waals surface area (Å²) in [5.74, 6) is -0.725. The number of carbonyl (C=O) groups excluding carboxylic acids is 1. The van der Waals surface area contributed by atoms with Gasteiger partial charge in [0.25, 0.3) is 21.8 Å². The van der Waals surface area contributed by atoms with Crippen LogP contribution in [0.2, 0.25) is 0 Å². The van der Waals surface area contributed by atoms with Crippen LogP contribution >= 0.6 is 0 Å². The van der Waals surface area contributed by atoms with E-state index < -0.39 is 21.6 Å². The van der Waals surface area contributed by atoms with Crippen LogP contribution in [0, 0.1) is 0 Å². The highest BCUT2D eigenvalue weighted by Gasteiger charge is 2.19. The first-order valence-corrected chi connectivity index (χ1v) is 12.1. The summed E-state index contributed by atoms with van der Waals surface area (Å²) in [6.45, 7) is 0. The molecule has 11 heteroatoms. The second kappa shape index (κ2) is 9.12. The van der Waals surface area contributed by atoms with E-state index in [0.717, 1.165) is 10.8 Å². The third-order valence-corrected chi connectivity index (χ3v) is 6.75. The van der Waals surface area contributed by atoms with Gasteiger partial charge in [0, 0.05) is 23.5 Å². The predicted molar refractivity (Wildman–Crippen MR) is 134 cm³/mol. The lowest BCUT2D eigenvalue weighted by molar-refractivity contribution is 0.102. The SMILES string of the molecule is COc1nccnc1NS(=O)(=O)c1ccc(NC(=O)c2cc3c(ccc4ccccc43)oc2=O)cc1. The Morgan fingerprint density at radius 2 is 1.69 bits per heavy atom. The molecule has 0 saturated carbocycles. The molecular weight excluding hydrogens is 484 g/mol. The zero-order valence-electron chi connectivity index (χ0n) is 18.8. The van der Waals surface area contributed by atoms with Gasteiger partial charge in [-0.1, -0.05) is 30.3 Å². The monoisotopic (exact) mass is 502 g/mol. The Balaban J connectivity index is 1.39. The molecule has 0 saturated heterocycles. The Bertz CT molecular complexity index is 1780. The Kier molecular flexibility index (Phi) is 5.82. The summed E-state index contributed by atoms with van der Waals surface area (Å²) in [4.78, 5) is 33.1. The maximum atomic E-state index is 12.9. The molecule has 180 valence electrons. The van der Waals surface area contributed by atoms with Crippen molar-refractivity contribution in [3.8, 4) is 5.88 Å². The van der Waals surface area contributed by atoms with Crippen LogP contribution < -0.4 is 20.4 Å². The fourth-order valence-corrected chi connectivity index (χ4v) is 4.68. The van der Waals surface area contributed by atoms with Gasteiger partial charge in [-0.25, -0.2) is 23.2 Å². The molecule has 5 rings (SSSR count). The van der Waals surface area contributed by atoms with E-state index in [-0.39, 0.29) is 27.8 Å². The Hall–Kier alpha value is -4.77. The lowest BCUT2D eigenvalue weighted by Crippen LogP contribution is -2.20. The normalized spacial score (nSPS) is 11.4. The van der Waals surface area contributed by atoms with Crippen LogP contribution in [-0.2, 0) is 10.0 Å². The molecule has 0 fully saturated rings. The first kappa shape index (κ1) is 23.0. The lowest BCUT2D eigenvalue weighted by atomic mass is 10.0. The second-order valence-electron chi connectivity index (χ2n) is 7.64. The molecule has 0 spiro atoms. The number of hydrogen-bond donors (Lipinski definition) is 2. The fraction of sp³-hybridized carbons (Fsp3) is 0.0400. The van der Waals surface area contributed by atoms with Crippen molar-refractivity contribution >= 4 is 49.2 Å². The van der Waals surface area contributed by atoms with Gasteiger partial charge >= 0.3 is 5.63 Å². The molecule has 5 aromatic rings. The summed E-state index contributed by atoms with van der Waals surface area (Å²) in [6, 6.07) is 18.0. The number of anilines is 2. The molecule has 0 unspecified atom stereocenters. The highest BCUT2D eigenvalue weighted by atomic mass is 32.2. The van der Waals surface area contributed by atoms with Crippen molar-refractivity contribution in [3.05, 3.63) is 95.1 Å². The molecule has 0 aliphatic heterocycles. The Morgan fingerprint density at radius 3 is 2.47 bits per heavy atom. The zero-order chi connectivity index (χ0) is 25.3. The van der Waals surface area contributed by atoms with Crippen LogP contribution in [0.1, 0.15) is 10.4 Å². The third-order valence-electron chi connectivity index (χ3n) is 5.40. The molecular formula is C25H18N4O6S. The van der Waals surface area contributed by atoms with Crippen molar-refractivity contribution in [2.24, 2.45) is 0 Å². The van der Waals surface area contributed by atoms with Crippen LogP contribution in [0.3, 0.4) is 0 Å². The van der Waals surface area contributed by atoms with E-state index in [9.17, 15) is 18.0 Å². The molecule has 2 aromatic heterocycles. The number of amides is 1. The summed E-state index contributed by atoms with van der Waals surface area (Å²) in [5, 5.41) is 5.01. The van der Waals surface area contributed by atoms with Gasteiger partial charge in [0.05, 0.1) is 12.0 Å². The Labute approximate surface area is 204 Å². The van der Waals surface area contributed by atoms with Gasteiger partial charge in [0.15, 0.2) is 0 Å². The minimum Gasteiger partial charge on any atom is -0.478 e. The van der Waals surface area contributed by atoms with E-state index in [1.807, 2.05) is 30.3 Å². The molecule has 1 amide bonds. The van der Waals surface area contributed by atoms with Gasteiger partial charge in [-0.2, -0.15) is 0 Å². The number of ether oxygens (including phenoxy) is 1. The molecule has 36 heavy (non-hydrogen) atoms. The second-order valence-corrected chi connectivity index (χ2v) is 9.33. The number of hydrogen-bond acceptors (Lipinski definition) is 8. The quantitative estimate of drug-likeness (QED) is 0.264. The fourth-order valence-electron chi connectivity index (χ4n) is 3.68. The highest BCUT2D eigenvalue weighted by molar-refractivity contribution is 7.92. The lowest BCUT2D eigenvalue weighted by Gasteiger charge is -2.10. The van der Waals surface area contributed by atoms with E-state index in [4.69, 9.17) is 9.15 Å².